The van der Waals surface area contributed by atoms with E-state index in [0.29, 0.717) is 24.7 Å². The predicted octanol–water partition coefficient (Wildman–Crippen LogP) is 3.12. The van der Waals surface area contributed by atoms with Gasteiger partial charge in [0.05, 0.1) is 6.10 Å². The van der Waals surface area contributed by atoms with Crippen LogP contribution in [0.25, 0.3) is 11.1 Å². The number of likely N-dealkylation sites (N-methyl/N-ethyl adjacent to an activating group) is 2. The van der Waals surface area contributed by atoms with E-state index in [1.165, 1.54) is 26.6 Å². The number of piperidine rings is 1. The molecule has 2 fully saturated rings. The molecule has 10 nitrogen and oxygen atoms in total. The van der Waals surface area contributed by atoms with Crippen LogP contribution < -0.4 is 10.8 Å². The summed E-state index contributed by atoms with van der Waals surface area (Å²) in [6, 6.07) is 15.6. The number of carbonyl (C=O) groups excluding carboxylic acids is 3. The summed E-state index contributed by atoms with van der Waals surface area (Å²) in [5.41, 5.74) is 4.09. The van der Waals surface area contributed by atoms with Crippen molar-refractivity contribution >= 4 is 17.7 Å². The molecule has 0 aliphatic carbocycles. The molecule has 2 saturated heterocycles. The lowest BCUT2D eigenvalue weighted by Crippen LogP contribution is -2.65. The van der Waals surface area contributed by atoms with Gasteiger partial charge >= 0.3 is 0 Å². The zero-order valence-electron chi connectivity index (χ0n) is 24.5. The van der Waals surface area contributed by atoms with Crippen molar-refractivity contribution in [3.63, 3.8) is 0 Å². The second-order valence-corrected chi connectivity index (χ2v) is 10.8. The molecule has 2 atom stereocenters. The third-order valence-corrected chi connectivity index (χ3v) is 8.20. The van der Waals surface area contributed by atoms with Crippen molar-refractivity contribution in [2.75, 3.05) is 40.9 Å². The van der Waals surface area contributed by atoms with Gasteiger partial charge < -0.3 is 19.7 Å². The summed E-state index contributed by atoms with van der Waals surface area (Å²) >= 11 is 0. The summed E-state index contributed by atoms with van der Waals surface area (Å²) in [7, 11) is 4.63. The number of hydrogen-bond donors (Lipinski definition) is 2. The van der Waals surface area contributed by atoms with Gasteiger partial charge in [0.1, 0.15) is 0 Å². The number of nitrogens with one attached hydrogen (secondary N) is 2. The van der Waals surface area contributed by atoms with Crippen molar-refractivity contribution in [1.29, 1.82) is 0 Å². The summed E-state index contributed by atoms with van der Waals surface area (Å²) in [6.45, 7) is 4.91. The Kier molecular flexibility index (Phi) is 10.5. The highest BCUT2D eigenvalue weighted by molar-refractivity contribution is 6.12. The van der Waals surface area contributed by atoms with Crippen molar-refractivity contribution in [1.82, 2.24) is 20.6 Å². The van der Waals surface area contributed by atoms with Gasteiger partial charge in [-0.1, -0.05) is 36.4 Å². The fraction of sp³-hybridized carbons (Fsp3) is 0.516. The number of hydroxylamine groups is 1. The highest BCUT2D eigenvalue weighted by Crippen LogP contribution is 2.24. The summed E-state index contributed by atoms with van der Waals surface area (Å²) < 4.78 is 10.9. The first-order valence-corrected chi connectivity index (χ1v) is 14.3. The Morgan fingerprint density at radius 3 is 2.17 bits per heavy atom. The minimum absolute atomic E-state index is 0.354. The van der Waals surface area contributed by atoms with Crippen molar-refractivity contribution < 1.29 is 28.7 Å². The van der Waals surface area contributed by atoms with Gasteiger partial charge in [-0.15, -0.1) is 0 Å². The highest BCUT2D eigenvalue weighted by Gasteiger charge is 2.47. The molecule has 2 heterocycles. The predicted molar refractivity (Wildman–Crippen MR) is 155 cm³/mol. The number of rotatable bonds is 10. The molecule has 2 aliphatic rings. The molecule has 41 heavy (non-hydrogen) atoms. The van der Waals surface area contributed by atoms with Gasteiger partial charge in [0.15, 0.2) is 11.8 Å². The van der Waals surface area contributed by atoms with E-state index in [2.05, 4.69) is 40.0 Å². The first-order valence-electron chi connectivity index (χ1n) is 14.3. The van der Waals surface area contributed by atoms with Crippen molar-refractivity contribution in [2.45, 2.75) is 63.5 Å². The number of ether oxygens (including phenoxy) is 2. The molecular formula is C31H42N4O6. The van der Waals surface area contributed by atoms with Gasteiger partial charge in [-0.3, -0.25) is 19.3 Å². The molecule has 2 aromatic carbocycles. The standard InChI is InChI=1S/C31H42N4O6/c1-31(29(37)32-2,30(38)33-41-27-7-5-6-20-40-27)34(3)28(36)25-14-12-24(13-15-25)23-10-8-22(9-11-23)21-35-18-16-26(39-4)17-19-35/h8-15,26-27H,5-7,16-21H2,1-4H3,(H,32,37)(H,33,38)/t27?,31-/m0/s1. The lowest BCUT2D eigenvalue weighted by atomic mass is 9.96. The fourth-order valence-corrected chi connectivity index (χ4v) is 5.24. The highest BCUT2D eigenvalue weighted by atomic mass is 16.8. The Morgan fingerprint density at radius 2 is 1.61 bits per heavy atom. The molecule has 2 aliphatic heterocycles. The zero-order chi connectivity index (χ0) is 29.4. The Balaban J connectivity index is 1.39. The van der Waals surface area contributed by atoms with E-state index < -0.39 is 29.6 Å². The van der Waals surface area contributed by atoms with Crippen LogP contribution in [0, 0.1) is 0 Å². The number of hydrogen-bond acceptors (Lipinski definition) is 7. The quantitative estimate of drug-likeness (QED) is 0.336. The molecule has 0 saturated carbocycles. The average Bonchev–Trinajstić information content (AvgIpc) is 3.03. The minimum Gasteiger partial charge on any atom is -0.381 e. The van der Waals surface area contributed by atoms with Gasteiger partial charge in [0.25, 0.3) is 17.7 Å². The van der Waals surface area contributed by atoms with Crippen molar-refractivity contribution in [3.05, 3.63) is 59.7 Å². The first kappa shape index (κ1) is 30.6. The maximum Gasteiger partial charge on any atom is 0.279 e. The van der Waals surface area contributed by atoms with E-state index >= 15 is 0 Å². The van der Waals surface area contributed by atoms with Crippen LogP contribution in [0.15, 0.2) is 48.5 Å². The van der Waals surface area contributed by atoms with Crippen LogP contribution in [0.5, 0.6) is 0 Å². The molecule has 222 valence electrons. The van der Waals surface area contributed by atoms with E-state index in [0.717, 1.165) is 61.3 Å². The third-order valence-electron chi connectivity index (χ3n) is 8.20. The van der Waals surface area contributed by atoms with Crippen molar-refractivity contribution in [2.24, 2.45) is 0 Å². The Bertz CT molecular complexity index is 1170. The monoisotopic (exact) mass is 566 g/mol. The van der Waals surface area contributed by atoms with E-state index in [9.17, 15) is 14.4 Å². The summed E-state index contributed by atoms with van der Waals surface area (Å²) in [5, 5.41) is 2.49. The molecule has 3 amide bonds. The van der Waals surface area contributed by atoms with Gasteiger partial charge in [-0.2, -0.15) is 0 Å². The second-order valence-electron chi connectivity index (χ2n) is 10.8. The minimum atomic E-state index is -1.85. The molecule has 4 rings (SSSR count). The summed E-state index contributed by atoms with van der Waals surface area (Å²) in [6.07, 6.45) is 4.38. The smallest absolute Gasteiger partial charge is 0.279 e. The van der Waals surface area contributed by atoms with E-state index in [-0.39, 0.29) is 0 Å². The largest absolute Gasteiger partial charge is 0.381 e. The van der Waals surface area contributed by atoms with Gasteiger partial charge in [-0.25, -0.2) is 10.3 Å². The number of nitrogens with zero attached hydrogens (tertiary/aromatic N) is 2. The topological polar surface area (TPSA) is 109 Å². The van der Waals surface area contributed by atoms with Gasteiger partial charge in [-0.05, 0) is 61.4 Å². The van der Waals surface area contributed by atoms with Crippen molar-refractivity contribution in [3.8, 4) is 11.1 Å². The van der Waals surface area contributed by atoms with Crippen LogP contribution >= 0.6 is 0 Å². The van der Waals surface area contributed by atoms with Gasteiger partial charge in [0.2, 0.25) is 0 Å². The second kappa shape index (κ2) is 14.0. The van der Waals surface area contributed by atoms with E-state index in [1.807, 2.05) is 12.1 Å². The molecule has 0 bridgehead atoms. The molecule has 2 N–H and O–H groups in total. The molecule has 0 aromatic heterocycles. The summed E-state index contributed by atoms with van der Waals surface area (Å²) in [4.78, 5) is 48.4. The van der Waals surface area contributed by atoms with E-state index in [1.54, 1.807) is 19.2 Å². The van der Waals surface area contributed by atoms with Crippen LogP contribution in [0.3, 0.4) is 0 Å². The molecule has 0 radical (unpaired) electrons. The Labute approximate surface area is 242 Å². The molecule has 2 aromatic rings. The number of carbonyl (C=O) groups is 3. The number of benzene rings is 2. The zero-order valence-corrected chi connectivity index (χ0v) is 24.5. The molecule has 1 unspecified atom stereocenters. The van der Waals surface area contributed by atoms with Crippen LogP contribution in [0.4, 0.5) is 0 Å². The number of amides is 3. The van der Waals surface area contributed by atoms with E-state index in [4.69, 9.17) is 14.3 Å². The number of likely N-dealkylation sites (tertiary alicyclic amines) is 1. The summed E-state index contributed by atoms with van der Waals surface area (Å²) in [5.74, 6) is -1.88. The molecular weight excluding hydrogens is 524 g/mol. The molecule has 10 heteroatoms. The number of methoxy groups -OCH3 is 1. The maximum atomic E-state index is 13.4. The average molecular weight is 567 g/mol. The third kappa shape index (κ3) is 7.32. The van der Waals surface area contributed by atoms with Crippen LogP contribution in [-0.4, -0.2) is 86.4 Å². The van der Waals surface area contributed by atoms with Crippen LogP contribution in [-0.2, 0) is 30.4 Å². The van der Waals surface area contributed by atoms with Crippen LogP contribution in [0.2, 0.25) is 0 Å². The fourth-order valence-electron chi connectivity index (χ4n) is 5.24. The Hall–Kier alpha value is -3.31. The maximum absolute atomic E-state index is 13.4. The van der Waals surface area contributed by atoms with Crippen LogP contribution in [0.1, 0.15) is 54.9 Å². The first-order chi connectivity index (χ1) is 19.8. The lowest BCUT2D eigenvalue weighted by Gasteiger charge is -2.36. The molecule has 0 spiro atoms. The van der Waals surface area contributed by atoms with Gasteiger partial charge in [0, 0.05) is 59.4 Å². The normalized spacial score (nSPS) is 19.7. The Morgan fingerprint density at radius 1 is 0.976 bits per heavy atom. The lowest BCUT2D eigenvalue weighted by molar-refractivity contribution is -0.204. The SMILES string of the molecule is CNC(=O)[C@@](C)(C(=O)NOC1CCCCO1)N(C)C(=O)c1ccc(-c2ccc(CN3CCC(OC)CC3)cc2)cc1.